The molecule has 49 heavy (non-hydrogen) atoms. The number of nitriles is 2. The molecule has 0 spiro atoms. The van der Waals surface area contributed by atoms with Gasteiger partial charge in [0.1, 0.15) is 22.3 Å². The fraction of sp³-hybridized carbons (Fsp3) is 0.0455. The van der Waals surface area contributed by atoms with E-state index < -0.39 is 0 Å². The van der Waals surface area contributed by atoms with Gasteiger partial charge in [0, 0.05) is 43.4 Å². The molecule has 0 N–H and O–H groups in total. The van der Waals surface area contributed by atoms with E-state index in [4.69, 9.17) is 8.83 Å². The molecular formula is C44H25N3O2. The Bertz CT molecular complexity index is 2940. The SMILES string of the molecule is N#Cc1ccccc1-c1ccc2oc3cc4c(cc3c2c1)oc1ccc(C2=CC=CC(C#N)C2n2c3ccccc3c3ccccc32)cc14. The van der Waals surface area contributed by atoms with Gasteiger partial charge >= 0.3 is 0 Å². The third-order valence-corrected chi connectivity index (χ3v) is 10.1. The van der Waals surface area contributed by atoms with Crippen molar-refractivity contribution in [2.75, 3.05) is 0 Å². The minimum atomic E-state index is -0.351. The number of fused-ring (bicyclic) bond motifs is 9. The Hall–Kier alpha value is -6.82. The number of benzene rings is 6. The first-order chi connectivity index (χ1) is 24.2. The van der Waals surface area contributed by atoms with E-state index in [1.165, 1.54) is 10.8 Å². The van der Waals surface area contributed by atoms with Gasteiger partial charge in [0.15, 0.2) is 0 Å². The van der Waals surface area contributed by atoms with Crippen molar-refractivity contribution in [3.63, 3.8) is 0 Å². The highest BCUT2D eigenvalue weighted by molar-refractivity contribution is 6.16. The molecule has 0 fully saturated rings. The zero-order chi connectivity index (χ0) is 32.6. The fourth-order valence-corrected chi connectivity index (χ4v) is 7.83. The first-order valence-corrected chi connectivity index (χ1v) is 16.3. The van der Waals surface area contributed by atoms with Crippen molar-refractivity contribution in [3.8, 4) is 23.3 Å². The summed E-state index contributed by atoms with van der Waals surface area (Å²) in [5, 5.41) is 26.4. The second kappa shape index (κ2) is 10.3. The van der Waals surface area contributed by atoms with Gasteiger partial charge in [0.2, 0.25) is 0 Å². The van der Waals surface area contributed by atoms with Crippen LogP contribution >= 0.6 is 0 Å². The molecule has 0 saturated carbocycles. The third kappa shape index (κ3) is 3.97. The molecule has 10 rings (SSSR count). The second-order valence-electron chi connectivity index (χ2n) is 12.6. The number of rotatable bonds is 3. The fourth-order valence-electron chi connectivity index (χ4n) is 7.83. The molecule has 0 bridgehead atoms. The molecule has 0 aliphatic heterocycles. The topological polar surface area (TPSA) is 78.8 Å². The second-order valence-corrected chi connectivity index (χ2v) is 12.6. The van der Waals surface area contributed by atoms with E-state index in [-0.39, 0.29) is 12.0 Å². The van der Waals surface area contributed by atoms with E-state index >= 15 is 0 Å². The van der Waals surface area contributed by atoms with Crippen molar-refractivity contribution in [1.82, 2.24) is 4.57 Å². The summed E-state index contributed by atoms with van der Waals surface area (Å²) in [6.07, 6.45) is 6.16. The number of furan rings is 2. The van der Waals surface area contributed by atoms with Gasteiger partial charge in [-0.3, -0.25) is 0 Å². The van der Waals surface area contributed by atoms with Crippen molar-refractivity contribution in [2.24, 2.45) is 5.92 Å². The molecule has 1 aliphatic carbocycles. The molecule has 228 valence electrons. The van der Waals surface area contributed by atoms with Crippen LogP contribution in [0.4, 0.5) is 0 Å². The highest BCUT2D eigenvalue weighted by atomic mass is 16.3. The summed E-state index contributed by atoms with van der Waals surface area (Å²) in [6, 6.07) is 45.7. The van der Waals surface area contributed by atoms with Crippen LogP contribution in [0.5, 0.6) is 0 Å². The number of allylic oxidation sites excluding steroid dienone is 4. The van der Waals surface area contributed by atoms with E-state index in [0.717, 1.165) is 77.2 Å². The minimum absolute atomic E-state index is 0.224. The summed E-state index contributed by atoms with van der Waals surface area (Å²) in [6.45, 7) is 0. The van der Waals surface area contributed by atoms with Gasteiger partial charge in [-0.05, 0) is 76.9 Å². The first-order valence-electron chi connectivity index (χ1n) is 16.3. The summed E-state index contributed by atoms with van der Waals surface area (Å²) in [7, 11) is 0. The van der Waals surface area contributed by atoms with Gasteiger partial charge in [-0.25, -0.2) is 0 Å². The molecule has 0 radical (unpaired) electrons. The largest absolute Gasteiger partial charge is 0.456 e. The number of hydrogen-bond acceptors (Lipinski definition) is 4. The lowest BCUT2D eigenvalue weighted by Gasteiger charge is -2.29. The molecule has 1 aliphatic rings. The lowest BCUT2D eigenvalue weighted by Crippen LogP contribution is -2.20. The zero-order valence-electron chi connectivity index (χ0n) is 26.1. The minimum Gasteiger partial charge on any atom is -0.456 e. The lowest BCUT2D eigenvalue weighted by molar-refractivity contribution is 0.576. The van der Waals surface area contributed by atoms with Crippen LogP contribution in [-0.2, 0) is 0 Å². The molecule has 0 saturated heterocycles. The Kier molecular flexibility index (Phi) is 5.76. The van der Waals surface area contributed by atoms with E-state index in [9.17, 15) is 10.5 Å². The summed E-state index contributed by atoms with van der Waals surface area (Å²) in [5.74, 6) is -0.351. The number of hydrogen-bond donors (Lipinski definition) is 0. The normalized spacial score (nSPS) is 16.2. The Balaban J connectivity index is 1.14. The zero-order valence-corrected chi connectivity index (χ0v) is 26.1. The maximum atomic E-state index is 10.4. The van der Waals surface area contributed by atoms with Gasteiger partial charge in [0.25, 0.3) is 0 Å². The Labute approximate surface area is 280 Å². The first kappa shape index (κ1) is 27.3. The Morgan fingerprint density at radius 3 is 1.78 bits per heavy atom. The molecular weight excluding hydrogens is 603 g/mol. The van der Waals surface area contributed by atoms with Crippen LogP contribution in [0.15, 0.2) is 148 Å². The summed E-state index contributed by atoms with van der Waals surface area (Å²) in [5.41, 5.74) is 9.93. The predicted octanol–water partition coefficient (Wildman–Crippen LogP) is 11.5. The van der Waals surface area contributed by atoms with Crippen molar-refractivity contribution in [3.05, 3.63) is 151 Å². The molecule has 0 amide bonds. The quantitative estimate of drug-likeness (QED) is 0.195. The molecule has 6 aromatic carbocycles. The van der Waals surface area contributed by atoms with Crippen LogP contribution in [0.2, 0.25) is 0 Å². The van der Waals surface area contributed by atoms with Gasteiger partial charge in [-0.2, -0.15) is 10.5 Å². The van der Waals surface area contributed by atoms with Crippen LogP contribution in [0.25, 0.3) is 82.4 Å². The van der Waals surface area contributed by atoms with Gasteiger partial charge < -0.3 is 13.4 Å². The molecule has 5 heteroatoms. The summed E-state index contributed by atoms with van der Waals surface area (Å²) in [4.78, 5) is 0. The Morgan fingerprint density at radius 1 is 0.551 bits per heavy atom. The van der Waals surface area contributed by atoms with Crippen molar-refractivity contribution in [1.29, 1.82) is 10.5 Å². The highest BCUT2D eigenvalue weighted by Crippen LogP contribution is 2.45. The van der Waals surface area contributed by atoms with Crippen LogP contribution in [0.1, 0.15) is 17.2 Å². The molecule has 2 unspecified atom stereocenters. The third-order valence-electron chi connectivity index (χ3n) is 10.1. The number of nitrogens with zero attached hydrogens (tertiary/aromatic N) is 3. The number of aromatic nitrogens is 1. The van der Waals surface area contributed by atoms with Crippen molar-refractivity contribution >= 4 is 71.3 Å². The highest BCUT2D eigenvalue weighted by Gasteiger charge is 2.31. The predicted molar refractivity (Wildman–Crippen MR) is 196 cm³/mol. The van der Waals surface area contributed by atoms with E-state index in [2.05, 4.69) is 102 Å². The smallest absolute Gasteiger partial charge is 0.136 e. The van der Waals surface area contributed by atoms with Crippen LogP contribution in [0.3, 0.4) is 0 Å². The molecule has 2 atom stereocenters. The molecule has 3 aromatic heterocycles. The standard InChI is InChI=1S/C44H25N3O2/c45-24-28-8-1-2-10-30(28)26-16-18-40-34(20-26)36-22-43-37(23-42(36)48-40)35-21-27(17-19-41(35)49-43)31-13-7-9-29(25-46)44(31)47-38-14-5-3-11-32(38)33-12-4-6-15-39(33)47/h1-23,29,44H. The van der Waals surface area contributed by atoms with Gasteiger partial charge in [0.05, 0.1) is 29.7 Å². The van der Waals surface area contributed by atoms with Crippen LogP contribution in [-0.4, -0.2) is 4.57 Å². The molecule has 5 nitrogen and oxygen atoms in total. The number of para-hydroxylation sites is 2. The summed E-state index contributed by atoms with van der Waals surface area (Å²) < 4.78 is 15.2. The van der Waals surface area contributed by atoms with Crippen molar-refractivity contribution < 1.29 is 8.83 Å². The maximum Gasteiger partial charge on any atom is 0.136 e. The van der Waals surface area contributed by atoms with E-state index in [1.54, 1.807) is 0 Å². The van der Waals surface area contributed by atoms with Crippen molar-refractivity contribution in [2.45, 2.75) is 6.04 Å². The van der Waals surface area contributed by atoms with Gasteiger partial charge in [-0.1, -0.05) is 85.0 Å². The van der Waals surface area contributed by atoms with Crippen LogP contribution < -0.4 is 0 Å². The monoisotopic (exact) mass is 627 g/mol. The van der Waals surface area contributed by atoms with Crippen LogP contribution in [0, 0.1) is 28.6 Å². The van der Waals surface area contributed by atoms with Gasteiger partial charge in [-0.15, -0.1) is 0 Å². The average Bonchev–Trinajstić information content (AvgIpc) is 3.81. The molecule has 3 heterocycles. The average molecular weight is 628 g/mol. The maximum absolute atomic E-state index is 10.4. The van der Waals surface area contributed by atoms with E-state index in [0.29, 0.717) is 5.56 Å². The molecule has 9 aromatic rings. The van der Waals surface area contributed by atoms with E-state index in [1.807, 2.05) is 54.6 Å². The lowest BCUT2D eigenvalue weighted by atomic mass is 9.84. The summed E-state index contributed by atoms with van der Waals surface area (Å²) >= 11 is 0. The Morgan fingerprint density at radius 2 is 1.12 bits per heavy atom.